The maximum atomic E-state index is 9.25. The minimum atomic E-state index is -0.0940. The van der Waals surface area contributed by atoms with Crippen LogP contribution in [0.2, 0.25) is 0 Å². The number of nitrogens with one attached hydrogen (secondary N) is 1. The molecule has 0 aliphatic carbocycles. The van der Waals surface area contributed by atoms with E-state index in [2.05, 4.69) is 15.4 Å². The Kier molecular flexibility index (Phi) is 4.11. The summed E-state index contributed by atoms with van der Waals surface area (Å²) < 4.78 is 6.70. The summed E-state index contributed by atoms with van der Waals surface area (Å²) in [4.78, 5) is 4.36. The van der Waals surface area contributed by atoms with Crippen LogP contribution >= 0.6 is 0 Å². The standard InChI is InChI=1S/C12H18N4O2/c1-9-3-5-16-11(7-9)14-12(15-16)13-10(8-17)4-6-18-2/h3,5,7,10,17H,4,6,8H2,1-2H3,(H,13,15). The summed E-state index contributed by atoms with van der Waals surface area (Å²) in [5.41, 5.74) is 1.93. The number of fused-ring (bicyclic) bond motifs is 1. The average molecular weight is 250 g/mol. The van der Waals surface area contributed by atoms with Crippen LogP contribution in [-0.4, -0.2) is 46.1 Å². The highest BCUT2D eigenvalue weighted by Crippen LogP contribution is 2.09. The first-order valence-corrected chi connectivity index (χ1v) is 5.92. The number of methoxy groups -OCH3 is 1. The van der Waals surface area contributed by atoms with E-state index < -0.39 is 0 Å². The molecule has 0 aliphatic rings. The molecule has 18 heavy (non-hydrogen) atoms. The van der Waals surface area contributed by atoms with Crippen molar-refractivity contribution in [2.75, 3.05) is 25.6 Å². The second kappa shape index (κ2) is 5.79. The predicted molar refractivity (Wildman–Crippen MR) is 68.7 cm³/mol. The van der Waals surface area contributed by atoms with Gasteiger partial charge in [0.25, 0.3) is 0 Å². The van der Waals surface area contributed by atoms with Gasteiger partial charge in [-0.3, -0.25) is 0 Å². The number of aryl methyl sites for hydroxylation is 1. The van der Waals surface area contributed by atoms with Crippen LogP contribution in [-0.2, 0) is 4.74 Å². The third kappa shape index (κ3) is 2.96. The Labute approximate surface area is 106 Å². The lowest BCUT2D eigenvalue weighted by atomic mass is 10.2. The quantitative estimate of drug-likeness (QED) is 0.795. The van der Waals surface area contributed by atoms with Crippen LogP contribution in [0.1, 0.15) is 12.0 Å². The van der Waals surface area contributed by atoms with Gasteiger partial charge in [-0.25, -0.2) is 4.52 Å². The normalized spacial score (nSPS) is 12.8. The van der Waals surface area contributed by atoms with Crippen LogP contribution < -0.4 is 5.32 Å². The van der Waals surface area contributed by atoms with E-state index in [0.717, 1.165) is 11.2 Å². The third-order valence-electron chi connectivity index (χ3n) is 2.72. The van der Waals surface area contributed by atoms with Gasteiger partial charge >= 0.3 is 0 Å². The summed E-state index contributed by atoms with van der Waals surface area (Å²) in [6.07, 6.45) is 2.58. The number of hydrogen-bond donors (Lipinski definition) is 2. The van der Waals surface area contributed by atoms with E-state index in [4.69, 9.17) is 4.74 Å². The van der Waals surface area contributed by atoms with Crippen molar-refractivity contribution in [3.8, 4) is 0 Å². The molecule has 0 spiro atoms. The van der Waals surface area contributed by atoms with Crippen LogP contribution in [0.3, 0.4) is 0 Å². The second-order valence-electron chi connectivity index (χ2n) is 4.25. The van der Waals surface area contributed by atoms with E-state index in [1.807, 2.05) is 25.3 Å². The zero-order chi connectivity index (χ0) is 13.0. The minimum absolute atomic E-state index is 0.0257. The van der Waals surface area contributed by atoms with Crippen molar-refractivity contribution in [1.29, 1.82) is 0 Å². The summed E-state index contributed by atoms with van der Waals surface area (Å²) in [5.74, 6) is 0.524. The molecule has 0 saturated carbocycles. The first-order chi connectivity index (χ1) is 8.72. The average Bonchev–Trinajstić information content (AvgIpc) is 2.75. The number of ether oxygens (including phenoxy) is 1. The fourth-order valence-electron chi connectivity index (χ4n) is 1.70. The maximum absolute atomic E-state index is 9.25. The Hall–Kier alpha value is -1.66. The molecule has 0 aromatic carbocycles. The summed E-state index contributed by atoms with van der Waals surface area (Å²) in [6, 6.07) is 3.84. The second-order valence-corrected chi connectivity index (χ2v) is 4.25. The van der Waals surface area contributed by atoms with Crippen molar-refractivity contribution in [2.24, 2.45) is 0 Å². The number of rotatable bonds is 6. The molecular formula is C12H18N4O2. The molecule has 1 unspecified atom stereocenters. The van der Waals surface area contributed by atoms with Crippen LogP contribution in [0.4, 0.5) is 5.95 Å². The van der Waals surface area contributed by atoms with Crippen LogP contribution in [0, 0.1) is 6.92 Å². The Balaban J connectivity index is 2.10. The molecule has 98 valence electrons. The molecule has 0 saturated heterocycles. The largest absolute Gasteiger partial charge is 0.394 e. The summed E-state index contributed by atoms with van der Waals surface area (Å²) in [6.45, 7) is 2.62. The number of aliphatic hydroxyl groups is 1. The smallest absolute Gasteiger partial charge is 0.243 e. The topological polar surface area (TPSA) is 71.7 Å². The third-order valence-corrected chi connectivity index (χ3v) is 2.72. The summed E-state index contributed by atoms with van der Waals surface area (Å²) in [5, 5.41) is 16.6. The Morgan fingerprint density at radius 3 is 3.11 bits per heavy atom. The molecule has 0 fully saturated rings. The van der Waals surface area contributed by atoms with Crippen LogP contribution in [0.15, 0.2) is 18.3 Å². The van der Waals surface area contributed by atoms with Crippen molar-refractivity contribution in [3.05, 3.63) is 23.9 Å². The molecule has 2 aromatic heterocycles. The summed E-state index contributed by atoms with van der Waals surface area (Å²) in [7, 11) is 1.64. The minimum Gasteiger partial charge on any atom is -0.394 e. The molecule has 2 rings (SSSR count). The lowest BCUT2D eigenvalue weighted by molar-refractivity contribution is 0.174. The number of aliphatic hydroxyl groups excluding tert-OH is 1. The van der Waals surface area contributed by atoms with E-state index in [0.29, 0.717) is 19.0 Å². The van der Waals surface area contributed by atoms with Gasteiger partial charge in [0.15, 0.2) is 5.65 Å². The molecule has 1 atom stereocenters. The lowest BCUT2D eigenvalue weighted by Crippen LogP contribution is -2.26. The molecule has 2 heterocycles. The Morgan fingerprint density at radius 1 is 1.56 bits per heavy atom. The zero-order valence-corrected chi connectivity index (χ0v) is 10.6. The molecule has 0 amide bonds. The van der Waals surface area contributed by atoms with Crippen LogP contribution in [0.25, 0.3) is 5.65 Å². The first kappa shape index (κ1) is 12.8. The van der Waals surface area contributed by atoms with Gasteiger partial charge in [0.1, 0.15) is 0 Å². The van der Waals surface area contributed by atoms with E-state index in [9.17, 15) is 5.11 Å². The zero-order valence-electron chi connectivity index (χ0n) is 10.6. The Morgan fingerprint density at radius 2 is 2.39 bits per heavy atom. The molecule has 2 aromatic rings. The lowest BCUT2D eigenvalue weighted by Gasteiger charge is -2.13. The van der Waals surface area contributed by atoms with E-state index in [1.165, 1.54) is 0 Å². The van der Waals surface area contributed by atoms with Gasteiger partial charge < -0.3 is 15.2 Å². The molecular weight excluding hydrogens is 232 g/mol. The van der Waals surface area contributed by atoms with E-state index in [1.54, 1.807) is 11.6 Å². The van der Waals surface area contributed by atoms with Gasteiger partial charge in [-0.05, 0) is 31.0 Å². The fraction of sp³-hybridized carbons (Fsp3) is 0.500. The Bertz CT molecular complexity index is 512. The molecule has 6 heteroatoms. The molecule has 2 N–H and O–H groups in total. The highest BCUT2D eigenvalue weighted by atomic mass is 16.5. The van der Waals surface area contributed by atoms with Gasteiger partial charge in [0.05, 0.1) is 12.6 Å². The van der Waals surface area contributed by atoms with Crippen molar-refractivity contribution in [2.45, 2.75) is 19.4 Å². The van der Waals surface area contributed by atoms with Crippen molar-refractivity contribution < 1.29 is 9.84 Å². The van der Waals surface area contributed by atoms with Gasteiger partial charge in [0, 0.05) is 19.9 Å². The highest BCUT2D eigenvalue weighted by molar-refractivity contribution is 5.45. The monoisotopic (exact) mass is 250 g/mol. The number of anilines is 1. The van der Waals surface area contributed by atoms with Crippen molar-refractivity contribution >= 4 is 11.6 Å². The predicted octanol–water partition coefficient (Wildman–Crippen LogP) is 0.847. The molecule has 0 radical (unpaired) electrons. The molecule has 6 nitrogen and oxygen atoms in total. The number of hydrogen-bond acceptors (Lipinski definition) is 5. The van der Waals surface area contributed by atoms with E-state index in [-0.39, 0.29) is 12.6 Å². The maximum Gasteiger partial charge on any atom is 0.243 e. The first-order valence-electron chi connectivity index (χ1n) is 5.92. The van der Waals surface area contributed by atoms with Crippen molar-refractivity contribution in [1.82, 2.24) is 14.6 Å². The molecule has 0 bridgehead atoms. The highest BCUT2D eigenvalue weighted by Gasteiger charge is 2.10. The van der Waals surface area contributed by atoms with Crippen LogP contribution in [0.5, 0.6) is 0 Å². The number of pyridine rings is 1. The van der Waals surface area contributed by atoms with Gasteiger partial charge in [-0.15, -0.1) is 5.10 Å². The fourth-order valence-corrected chi connectivity index (χ4v) is 1.70. The van der Waals surface area contributed by atoms with Crippen molar-refractivity contribution in [3.63, 3.8) is 0 Å². The van der Waals surface area contributed by atoms with Gasteiger partial charge in [-0.1, -0.05) is 0 Å². The SMILES string of the molecule is COCCC(CO)Nc1nc2cc(C)ccn2n1. The van der Waals surface area contributed by atoms with Gasteiger partial charge in [-0.2, -0.15) is 4.98 Å². The van der Waals surface area contributed by atoms with E-state index >= 15 is 0 Å². The number of nitrogens with zero attached hydrogens (tertiary/aromatic N) is 3. The number of aromatic nitrogens is 3. The molecule has 0 aliphatic heterocycles. The van der Waals surface area contributed by atoms with Gasteiger partial charge in [0.2, 0.25) is 5.95 Å². The summed E-state index contributed by atoms with van der Waals surface area (Å²) >= 11 is 0.